The fourth-order valence-corrected chi connectivity index (χ4v) is 3.28. The van der Waals surface area contributed by atoms with E-state index in [9.17, 15) is 14.4 Å². The van der Waals surface area contributed by atoms with Crippen LogP contribution in [0.1, 0.15) is 65.7 Å². The zero-order chi connectivity index (χ0) is 15.6. The lowest BCUT2D eigenvalue weighted by atomic mass is 9.79. The monoisotopic (exact) mass is 295 g/mol. The number of carbonyl (C=O) groups excluding carboxylic acids is 3. The molecule has 2 rings (SSSR count). The predicted octanol–water partition coefficient (Wildman–Crippen LogP) is 3.06. The van der Waals surface area contributed by atoms with E-state index in [-0.39, 0.29) is 30.6 Å². The van der Waals surface area contributed by atoms with Crippen LogP contribution in [0.25, 0.3) is 0 Å². The van der Waals surface area contributed by atoms with Crippen molar-refractivity contribution in [3.8, 4) is 0 Å². The van der Waals surface area contributed by atoms with Gasteiger partial charge in [-0.15, -0.1) is 0 Å². The van der Waals surface area contributed by atoms with Gasteiger partial charge in [-0.3, -0.25) is 9.59 Å². The van der Waals surface area contributed by atoms with E-state index >= 15 is 0 Å². The van der Waals surface area contributed by atoms with Gasteiger partial charge in [-0.2, -0.15) is 0 Å². The van der Waals surface area contributed by atoms with Crippen molar-refractivity contribution in [2.45, 2.75) is 77.4 Å². The number of amides is 2. The van der Waals surface area contributed by atoms with Gasteiger partial charge in [0.25, 0.3) is 0 Å². The van der Waals surface area contributed by atoms with Crippen molar-refractivity contribution in [3.05, 3.63) is 0 Å². The Morgan fingerprint density at radius 1 is 1.14 bits per heavy atom. The number of piperidine rings is 1. The summed E-state index contributed by atoms with van der Waals surface area (Å²) in [6, 6.07) is -0.311. The lowest BCUT2D eigenvalue weighted by Crippen LogP contribution is -2.54. The highest BCUT2D eigenvalue weighted by Gasteiger charge is 2.42. The minimum Gasteiger partial charge on any atom is -0.443 e. The molecule has 5 nitrogen and oxygen atoms in total. The maximum absolute atomic E-state index is 12.4. The Bertz CT molecular complexity index is 432. The lowest BCUT2D eigenvalue weighted by molar-refractivity contribution is -0.143. The number of carbonyl (C=O) groups is 3. The SMILES string of the molecule is CC(C)(C)OC(=O)N1C(=O)CC(=O)CC1C1CCCCC1. The van der Waals surface area contributed by atoms with Crippen molar-refractivity contribution >= 4 is 17.8 Å². The number of likely N-dealkylation sites (tertiary alicyclic amines) is 1. The molecular weight excluding hydrogens is 270 g/mol. The summed E-state index contributed by atoms with van der Waals surface area (Å²) in [6.45, 7) is 5.33. The maximum atomic E-state index is 12.4. The van der Waals surface area contributed by atoms with Crippen LogP contribution in [0.15, 0.2) is 0 Å². The van der Waals surface area contributed by atoms with Crippen molar-refractivity contribution in [1.29, 1.82) is 0 Å². The molecule has 1 unspecified atom stereocenters. The highest BCUT2D eigenvalue weighted by atomic mass is 16.6. The van der Waals surface area contributed by atoms with Gasteiger partial charge in [-0.1, -0.05) is 19.3 Å². The van der Waals surface area contributed by atoms with Crippen LogP contribution < -0.4 is 0 Å². The summed E-state index contributed by atoms with van der Waals surface area (Å²) in [6.07, 6.45) is 4.86. The molecule has 0 aromatic rings. The maximum Gasteiger partial charge on any atom is 0.417 e. The van der Waals surface area contributed by atoms with Crippen molar-refractivity contribution in [3.63, 3.8) is 0 Å². The van der Waals surface area contributed by atoms with Crippen LogP contribution in [-0.4, -0.2) is 34.3 Å². The summed E-state index contributed by atoms with van der Waals surface area (Å²) in [5.41, 5.74) is -0.643. The van der Waals surface area contributed by atoms with Gasteiger partial charge in [0.15, 0.2) is 0 Å². The van der Waals surface area contributed by atoms with Crippen LogP contribution in [0.5, 0.6) is 0 Å². The van der Waals surface area contributed by atoms with E-state index in [0.29, 0.717) is 0 Å². The number of Topliss-reactive ketones (excluding diaryl/α,β-unsaturated/α-hetero) is 1. The molecule has 1 atom stereocenters. The molecule has 0 N–H and O–H groups in total. The molecule has 118 valence electrons. The van der Waals surface area contributed by atoms with Crippen LogP contribution >= 0.6 is 0 Å². The largest absolute Gasteiger partial charge is 0.443 e. The summed E-state index contributed by atoms with van der Waals surface area (Å²) in [5, 5.41) is 0. The van der Waals surface area contributed by atoms with Crippen LogP contribution in [-0.2, 0) is 14.3 Å². The zero-order valence-corrected chi connectivity index (χ0v) is 13.2. The second-order valence-electron chi connectivity index (χ2n) is 7.13. The minimum atomic E-state index is -0.643. The third-order valence-electron chi connectivity index (χ3n) is 4.17. The fourth-order valence-electron chi connectivity index (χ4n) is 3.28. The van der Waals surface area contributed by atoms with Gasteiger partial charge in [0, 0.05) is 6.42 Å². The van der Waals surface area contributed by atoms with Crippen LogP contribution in [0.4, 0.5) is 4.79 Å². The number of nitrogens with zero attached hydrogens (tertiary/aromatic N) is 1. The van der Waals surface area contributed by atoms with E-state index < -0.39 is 17.6 Å². The smallest absolute Gasteiger partial charge is 0.417 e. The molecule has 0 aromatic carbocycles. The molecule has 2 aliphatic rings. The second-order valence-corrected chi connectivity index (χ2v) is 7.13. The second kappa shape index (κ2) is 6.16. The number of hydrogen-bond acceptors (Lipinski definition) is 4. The number of rotatable bonds is 1. The Morgan fingerprint density at radius 3 is 2.33 bits per heavy atom. The van der Waals surface area contributed by atoms with Gasteiger partial charge in [-0.05, 0) is 39.5 Å². The average Bonchev–Trinajstić information content (AvgIpc) is 2.36. The summed E-state index contributed by atoms with van der Waals surface area (Å²) < 4.78 is 5.36. The predicted molar refractivity (Wildman–Crippen MR) is 77.7 cm³/mol. The summed E-state index contributed by atoms with van der Waals surface area (Å²) in [4.78, 5) is 37.5. The molecule has 5 heteroatoms. The molecule has 2 fully saturated rings. The summed E-state index contributed by atoms with van der Waals surface area (Å²) >= 11 is 0. The Labute approximate surface area is 126 Å². The van der Waals surface area contributed by atoms with E-state index in [2.05, 4.69) is 0 Å². The molecule has 0 radical (unpaired) electrons. The molecule has 1 aliphatic heterocycles. The minimum absolute atomic E-state index is 0.0598. The molecule has 21 heavy (non-hydrogen) atoms. The van der Waals surface area contributed by atoms with Gasteiger partial charge in [0.2, 0.25) is 5.91 Å². The number of imide groups is 1. The molecule has 0 aromatic heterocycles. The van der Waals surface area contributed by atoms with E-state index in [4.69, 9.17) is 4.74 Å². The number of ketones is 1. The highest BCUT2D eigenvalue weighted by molar-refractivity contribution is 6.06. The third kappa shape index (κ3) is 4.05. The van der Waals surface area contributed by atoms with Crippen molar-refractivity contribution in [1.82, 2.24) is 4.90 Å². The zero-order valence-electron chi connectivity index (χ0n) is 13.2. The van der Waals surface area contributed by atoms with E-state index in [0.717, 1.165) is 25.7 Å². The molecule has 0 spiro atoms. The lowest BCUT2D eigenvalue weighted by Gasteiger charge is -2.40. The van der Waals surface area contributed by atoms with Gasteiger partial charge >= 0.3 is 6.09 Å². The van der Waals surface area contributed by atoms with Crippen LogP contribution in [0, 0.1) is 5.92 Å². The standard InChI is InChI=1S/C16H25NO4/c1-16(2,3)21-15(20)17-13(9-12(18)10-14(17)19)11-7-5-4-6-8-11/h11,13H,4-10H2,1-3H3. The fraction of sp³-hybridized carbons (Fsp3) is 0.812. The molecule has 1 heterocycles. The van der Waals surface area contributed by atoms with Gasteiger partial charge in [0.1, 0.15) is 11.4 Å². The highest BCUT2D eigenvalue weighted by Crippen LogP contribution is 2.34. The van der Waals surface area contributed by atoms with Gasteiger partial charge in [-0.25, -0.2) is 9.69 Å². The first kappa shape index (κ1) is 16.0. The quantitative estimate of drug-likeness (QED) is 0.697. The molecule has 1 saturated heterocycles. The normalized spacial score (nSPS) is 25.1. The number of hydrogen-bond donors (Lipinski definition) is 0. The molecular formula is C16H25NO4. The van der Waals surface area contributed by atoms with Crippen molar-refractivity contribution < 1.29 is 19.1 Å². The average molecular weight is 295 g/mol. The first-order chi connectivity index (χ1) is 9.78. The van der Waals surface area contributed by atoms with Gasteiger partial charge < -0.3 is 4.74 Å². The van der Waals surface area contributed by atoms with Crippen LogP contribution in [0.2, 0.25) is 0 Å². The first-order valence-electron chi connectivity index (χ1n) is 7.84. The van der Waals surface area contributed by atoms with Crippen molar-refractivity contribution in [2.75, 3.05) is 0 Å². The van der Waals surface area contributed by atoms with E-state index in [1.165, 1.54) is 11.3 Å². The topological polar surface area (TPSA) is 63.7 Å². The Balaban J connectivity index is 2.18. The Morgan fingerprint density at radius 2 is 1.76 bits per heavy atom. The van der Waals surface area contributed by atoms with Crippen molar-refractivity contribution in [2.24, 2.45) is 5.92 Å². The Hall–Kier alpha value is -1.39. The van der Waals surface area contributed by atoms with E-state index in [1.54, 1.807) is 20.8 Å². The third-order valence-corrected chi connectivity index (χ3v) is 4.17. The summed E-state index contributed by atoms with van der Waals surface area (Å²) in [5.74, 6) is -0.231. The Kier molecular flexibility index (Phi) is 4.69. The summed E-state index contributed by atoms with van der Waals surface area (Å²) in [7, 11) is 0. The molecule has 2 amide bonds. The number of ether oxygens (including phenoxy) is 1. The first-order valence-corrected chi connectivity index (χ1v) is 7.84. The van der Waals surface area contributed by atoms with E-state index in [1.807, 2.05) is 0 Å². The molecule has 0 bridgehead atoms. The molecule has 1 aliphatic carbocycles. The molecule has 1 saturated carbocycles. The van der Waals surface area contributed by atoms with Crippen LogP contribution in [0.3, 0.4) is 0 Å². The van der Waals surface area contributed by atoms with Gasteiger partial charge in [0.05, 0.1) is 12.5 Å².